The summed E-state index contributed by atoms with van der Waals surface area (Å²) in [5, 5.41) is 13.5. The molecule has 0 fully saturated rings. The van der Waals surface area contributed by atoms with Crippen LogP contribution in [0.15, 0.2) is 23.3 Å². The minimum atomic E-state index is 0.250. The van der Waals surface area contributed by atoms with Gasteiger partial charge in [0, 0.05) is 12.6 Å². The molecule has 0 spiro atoms. The third-order valence-electron chi connectivity index (χ3n) is 1.97. The smallest absolute Gasteiger partial charge is 0.164 e. The number of amidine groups is 1. The highest BCUT2D eigenvalue weighted by molar-refractivity contribution is 14.1. The van der Waals surface area contributed by atoms with Crippen molar-refractivity contribution in [3.05, 3.63) is 29.3 Å². The van der Waals surface area contributed by atoms with Gasteiger partial charge in [-0.25, -0.2) is 0 Å². The standard InChI is InChI=1S/C10H12IN3OS/c1-7-5-8(15)3-4-9(7)10(14(2)11)13-12-6-16/h3-6,15H,1-2H3,(H,12,16)/b13-10-. The number of hydrazone groups is 1. The van der Waals surface area contributed by atoms with Crippen LogP contribution in [0, 0.1) is 6.92 Å². The normalized spacial score (nSPS) is 11.1. The highest BCUT2D eigenvalue weighted by Gasteiger charge is 2.10. The van der Waals surface area contributed by atoms with Crippen molar-refractivity contribution in [3.8, 4) is 5.75 Å². The number of rotatable bonds is 3. The van der Waals surface area contributed by atoms with E-state index < -0.39 is 0 Å². The van der Waals surface area contributed by atoms with E-state index in [1.165, 1.54) is 5.49 Å². The van der Waals surface area contributed by atoms with Crippen LogP contribution in [0.1, 0.15) is 11.1 Å². The van der Waals surface area contributed by atoms with Gasteiger partial charge < -0.3 is 8.22 Å². The van der Waals surface area contributed by atoms with Gasteiger partial charge in [0.2, 0.25) is 0 Å². The zero-order valence-electron chi connectivity index (χ0n) is 8.94. The number of halogens is 1. The number of phenolic OH excluding ortho intramolecular Hbond substituents is 1. The van der Waals surface area contributed by atoms with Crippen LogP contribution < -0.4 is 5.43 Å². The number of benzene rings is 1. The van der Waals surface area contributed by atoms with Crippen molar-refractivity contribution in [3.63, 3.8) is 0 Å². The first kappa shape index (κ1) is 13.2. The van der Waals surface area contributed by atoms with Gasteiger partial charge in [-0.15, -0.1) is 0 Å². The first-order valence-corrected chi connectivity index (χ1v) is 5.96. The summed E-state index contributed by atoms with van der Waals surface area (Å²) < 4.78 is 1.85. The first-order valence-electron chi connectivity index (χ1n) is 4.52. The second-order valence-corrected chi connectivity index (χ2v) is 4.84. The fraction of sp³-hybridized carbons (Fsp3) is 0.200. The van der Waals surface area contributed by atoms with Crippen LogP contribution in [-0.2, 0) is 0 Å². The Morgan fingerprint density at radius 2 is 2.31 bits per heavy atom. The van der Waals surface area contributed by atoms with Crippen molar-refractivity contribution in [1.29, 1.82) is 0 Å². The third kappa shape index (κ3) is 3.31. The van der Waals surface area contributed by atoms with Gasteiger partial charge in [-0.3, -0.25) is 5.43 Å². The Morgan fingerprint density at radius 3 is 2.81 bits per heavy atom. The van der Waals surface area contributed by atoms with Crippen LogP contribution in [0.25, 0.3) is 0 Å². The zero-order valence-corrected chi connectivity index (χ0v) is 11.9. The Morgan fingerprint density at radius 1 is 1.62 bits per heavy atom. The molecule has 1 aromatic carbocycles. The van der Waals surface area contributed by atoms with Crippen molar-refractivity contribution < 1.29 is 5.11 Å². The molecule has 0 aliphatic carbocycles. The molecular formula is C10H12IN3OS. The van der Waals surface area contributed by atoms with Crippen molar-refractivity contribution in [2.24, 2.45) is 5.10 Å². The van der Waals surface area contributed by atoms with E-state index in [4.69, 9.17) is 0 Å². The topological polar surface area (TPSA) is 47.9 Å². The molecule has 0 heterocycles. The maximum absolute atomic E-state index is 9.34. The molecule has 0 aromatic heterocycles. The van der Waals surface area contributed by atoms with Gasteiger partial charge in [-0.2, -0.15) is 5.10 Å². The number of aryl methyl sites for hydroxylation is 1. The number of aromatic hydroxyl groups is 1. The summed E-state index contributed by atoms with van der Waals surface area (Å²) in [4.78, 5) is 0. The summed E-state index contributed by atoms with van der Waals surface area (Å²) in [6.07, 6.45) is 0. The van der Waals surface area contributed by atoms with Crippen LogP contribution in [0.4, 0.5) is 0 Å². The number of thiocarbonyl (C=S) groups is 1. The van der Waals surface area contributed by atoms with E-state index in [0.717, 1.165) is 17.0 Å². The molecule has 0 atom stereocenters. The fourth-order valence-electron chi connectivity index (χ4n) is 1.28. The molecule has 16 heavy (non-hydrogen) atoms. The van der Waals surface area contributed by atoms with E-state index >= 15 is 0 Å². The number of hydrogen-bond donors (Lipinski definition) is 2. The second kappa shape index (κ2) is 6.00. The Hall–Kier alpha value is -0.890. The van der Waals surface area contributed by atoms with Gasteiger partial charge in [0.05, 0.1) is 28.4 Å². The molecule has 0 radical (unpaired) electrons. The molecule has 0 aliphatic heterocycles. The van der Waals surface area contributed by atoms with Gasteiger partial charge >= 0.3 is 0 Å². The lowest BCUT2D eigenvalue weighted by Gasteiger charge is -2.15. The second-order valence-electron chi connectivity index (χ2n) is 3.16. The molecule has 0 saturated heterocycles. The summed E-state index contributed by atoms with van der Waals surface area (Å²) in [6.45, 7) is 1.92. The molecule has 0 unspecified atom stereocenters. The Balaban J connectivity index is 3.16. The van der Waals surface area contributed by atoms with Crippen molar-refractivity contribution in [2.45, 2.75) is 6.92 Å². The van der Waals surface area contributed by atoms with Crippen LogP contribution in [0.3, 0.4) is 0 Å². The highest BCUT2D eigenvalue weighted by Crippen LogP contribution is 2.18. The van der Waals surface area contributed by atoms with Crippen molar-refractivity contribution >= 4 is 46.4 Å². The van der Waals surface area contributed by atoms with E-state index in [2.05, 4.69) is 45.6 Å². The minimum Gasteiger partial charge on any atom is -0.508 e. The molecule has 0 aliphatic rings. The lowest BCUT2D eigenvalue weighted by Crippen LogP contribution is -2.21. The summed E-state index contributed by atoms with van der Waals surface area (Å²) in [7, 11) is 1.89. The molecule has 0 bridgehead atoms. The van der Waals surface area contributed by atoms with Crippen LogP contribution in [-0.4, -0.2) is 26.6 Å². The number of hydrogen-bond acceptors (Lipinski definition) is 3. The van der Waals surface area contributed by atoms with E-state index in [9.17, 15) is 5.11 Å². The Labute approximate surface area is 114 Å². The number of nitrogens with zero attached hydrogens (tertiary/aromatic N) is 2. The summed E-state index contributed by atoms with van der Waals surface area (Å²) in [5.74, 6) is 0.999. The average Bonchev–Trinajstić information content (AvgIpc) is 2.20. The molecule has 1 rings (SSSR count). The molecule has 0 saturated carbocycles. The highest BCUT2D eigenvalue weighted by atomic mass is 127. The van der Waals surface area contributed by atoms with Gasteiger partial charge in [-0.1, -0.05) is 12.2 Å². The van der Waals surface area contributed by atoms with Crippen LogP contribution in [0.5, 0.6) is 5.75 Å². The van der Waals surface area contributed by atoms with E-state index in [1.807, 2.05) is 23.2 Å². The number of nitrogens with one attached hydrogen (secondary N) is 1. The Bertz CT molecular complexity index is 421. The lowest BCUT2D eigenvalue weighted by atomic mass is 10.1. The maximum atomic E-state index is 9.34. The van der Waals surface area contributed by atoms with E-state index in [1.54, 1.807) is 12.1 Å². The third-order valence-corrected chi connectivity index (χ3v) is 2.53. The van der Waals surface area contributed by atoms with Gasteiger partial charge in [0.25, 0.3) is 0 Å². The summed E-state index contributed by atoms with van der Waals surface area (Å²) in [6, 6.07) is 5.15. The minimum absolute atomic E-state index is 0.250. The largest absolute Gasteiger partial charge is 0.508 e. The van der Waals surface area contributed by atoms with E-state index in [0.29, 0.717) is 0 Å². The van der Waals surface area contributed by atoms with Gasteiger partial charge in [0.15, 0.2) is 5.84 Å². The maximum Gasteiger partial charge on any atom is 0.164 e. The average molecular weight is 349 g/mol. The van der Waals surface area contributed by atoms with Gasteiger partial charge in [0.1, 0.15) is 5.75 Å². The zero-order chi connectivity index (χ0) is 12.1. The first-order chi connectivity index (χ1) is 7.56. The SMILES string of the molecule is Cc1cc(O)ccc1/C(=N/NC=S)N(C)I. The van der Waals surface area contributed by atoms with Crippen LogP contribution in [0.2, 0.25) is 0 Å². The summed E-state index contributed by atoms with van der Waals surface area (Å²) in [5.41, 5.74) is 5.88. The lowest BCUT2D eigenvalue weighted by molar-refractivity contribution is 0.475. The van der Waals surface area contributed by atoms with Crippen LogP contribution >= 0.6 is 35.1 Å². The molecular weight excluding hydrogens is 337 g/mol. The molecule has 4 nitrogen and oxygen atoms in total. The van der Waals surface area contributed by atoms with Gasteiger partial charge in [-0.05, 0) is 30.7 Å². The van der Waals surface area contributed by atoms with E-state index in [-0.39, 0.29) is 5.75 Å². The predicted octanol–water partition coefficient (Wildman–Crippen LogP) is 2.19. The number of phenols is 1. The predicted molar refractivity (Wildman–Crippen MR) is 78.0 cm³/mol. The molecule has 0 amide bonds. The monoisotopic (exact) mass is 349 g/mol. The van der Waals surface area contributed by atoms with Crippen molar-refractivity contribution in [2.75, 3.05) is 7.05 Å². The molecule has 86 valence electrons. The Kier molecular flexibility index (Phi) is 4.94. The van der Waals surface area contributed by atoms with Crippen molar-refractivity contribution in [1.82, 2.24) is 8.54 Å². The summed E-state index contributed by atoms with van der Waals surface area (Å²) >= 11 is 6.78. The molecule has 6 heteroatoms. The molecule has 1 aromatic rings. The molecule has 2 N–H and O–H groups in total. The quantitative estimate of drug-likeness (QED) is 0.219. The fourth-order valence-corrected chi connectivity index (χ4v) is 1.70.